The fourth-order valence-corrected chi connectivity index (χ4v) is 3.44. The van der Waals surface area contributed by atoms with Crippen LogP contribution in [0.1, 0.15) is 0 Å². The number of carboxylic acids is 1. The normalized spacial score (nSPS) is 13.2. The number of halogens is 2. The molecule has 1 aromatic carbocycles. The smallest absolute Gasteiger partial charge is 0.334 e. The van der Waals surface area contributed by atoms with Crippen molar-refractivity contribution in [3.8, 4) is 0 Å². The molecule has 106 valence electrons. The predicted octanol–water partition coefficient (Wildman–Crippen LogP) is 1.37. The van der Waals surface area contributed by atoms with Crippen molar-refractivity contribution in [2.75, 3.05) is 13.7 Å². The Morgan fingerprint density at radius 2 is 1.95 bits per heavy atom. The van der Waals surface area contributed by atoms with Gasteiger partial charge in [-0.3, -0.25) is 0 Å². The first kappa shape index (κ1) is 16.2. The monoisotopic (exact) mass is 327 g/mol. The van der Waals surface area contributed by atoms with E-state index >= 15 is 0 Å². The molecule has 0 aromatic heterocycles. The van der Waals surface area contributed by atoms with E-state index in [0.29, 0.717) is 0 Å². The molecule has 0 spiro atoms. The first-order valence-corrected chi connectivity index (χ1v) is 7.22. The van der Waals surface area contributed by atoms with E-state index < -0.39 is 28.6 Å². The minimum atomic E-state index is -4.02. The van der Waals surface area contributed by atoms with E-state index in [9.17, 15) is 13.2 Å². The maximum absolute atomic E-state index is 12.0. The first-order valence-electron chi connectivity index (χ1n) is 4.99. The van der Waals surface area contributed by atoms with Gasteiger partial charge in [0, 0.05) is 13.7 Å². The predicted molar refractivity (Wildman–Crippen MR) is 70.1 cm³/mol. The third-order valence-electron chi connectivity index (χ3n) is 2.21. The number of benzene rings is 1. The van der Waals surface area contributed by atoms with Crippen molar-refractivity contribution in [1.82, 2.24) is 4.72 Å². The van der Waals surface area contributed by atoms with E-state index in [0.717, 1.165) is 7.11 Å². The number of aliphatic carboxylic acids is 1. The van der Waals surface area contributed by atoms with E-state index in [2.05, 4.69) is 9.46 Å². The van der Waals surface area contributed by atoms with E-state index in [1.54, 1.807) is 0 Å². The van der Waals surface area contributed by atoms with Gasteiger partial charge >= 0.3 is 5.97 Å². The van der Waals surface area contributed by atoms with Crippen molar-refractivity contribution < 1.29 is 23.1 Å². The lowest BCUT2D eigenvalue weighted by molar-refractivity contribution is -0.147. The van der Waals surface area contributed by atoms with Crippen molar-refractivity contribution in [2.24, 2.45) is 0 Å². The van der Waals surface area contributed by atoms with Gasteiger partial charge in [-0.2, -0.15) is 0 Å². The summed E-state index contributed by atoms with van der Waals surface area (Å²) < 4.78 is 30.7. The lowest BCUT2D eigenvalue weighted by Gasteiger charge is -2.13. The molecule has 1 unspecified atom stereocenters. The van der Waals surface area contributed by atoms with Crippen LogP contribution in [-0.2, 0) is 19.6 Å². The highest BCUT2D eigenvalue weighted by molar-refractivity contribution is 7.89. The number of carboxylic acid groups (broad SMARTS) is 1. The van der Waals surface area contributed by atoms with Crippen molar-refractivity contribution in [3.05, 3.63) is 28.2 Å². The molecule has 1 aromatic rings. The van der Waals surface area contributed by atoms with Crippen LogP contribution in [0.25, 0.3) is 0 Å². The molecule has 0 aliphatic carbocycles. The Kier molecular flexibility index (Phi) is 5.57. The van der Waals surface area contributed by atoms with Crippen LogP contribution in [0.2, 0.25) is 10.0 Å². The highest BCUT2D eigenvalue weighted by Gasteiger charge is 2.24. The van der Waals surface area contributed by atoms with Crippen molar-refractivity contribution in [2.45, 2.75) is 11.0 Å². The highest BCUT2D eigenvalue weighted by atomic mass is 35.5. The molecule has 6 nitrogen and oxygen atoms in total. The van der Waals surface area contributed by atoms with Gasteiger partial charge in [0.25, 0.3) is 0 Å². The molecule has 0 aliphatic heterocycles. The summed E-state index contributed by atoms with van der Waals surface area (Å²) in [7, 11) is -2.86. The van der Waals surface area contributed by atoms with Crippen LogP contribution >= 0.6 is 23.2 Å². The second-order valence-corrected chi connectivity index (χ2v) is 5.98. The van der Waals surface area contributed by atoms with Crippen LogP contribution in [-0.4, -0.2) is 39.3 Å². The lowest BCUT2D eigenvalue weighted by atomic mass is 10.4. The number of ether oxygens (including phenoxy) is 1. The van der Waals surface area contributed by atoms with Gasteiger partial charge in [-0.15, -0.1) is 0 Å². The second kappa shape index (κ2) is 6.53. The Labute approximate surface area is 120 Å². The fraction of sp³-hybridized carbons (Fsp3) is 0.300. The van der Waals surface area contributed by atoms with Gasteiger partial charge in [0.05, 0.1) is 10.0 Å². The van der Waals surface area contributed by atoms with Gasteiger partial charge in [-0.05, 0) is 12.1 Å². The summed E-state index contributed by atoms with van der Waals surface area (Å²) in [4.78, 5) is 10.4. The molecule has 0 heterocycles. The van der Waals surface area contributed by atoms with Crippen molar-refractivity contribution >= 4 is 39.2 Å². The molecular weight excluding hydrogens is 317 g/mol. The van der Waals surface area contributed by atoms with E-state index in [4.69, 9.17) is 28.3 Å². The molecule has 0 amide bonds. The molecule has 0 bridgehead atoms. The minimum Gasteiger partial charge on any atom is -0.479 e. The van der Waals surface area contributed by atoms with Gasteiger partial charge in [-0.1, -0.05) is 29.3 Å². The molecule has 1 rings (SSSR count). The summed E-state index contributed by atoms with van der Waals surface area (Å²) in [5, 5.41) is 8.63. The van der Waals surface area contributed by atoms with Crippen LogP contribution in [0.3, 0.4) is 0 Å². The van der Waals surface area contributed by atoms with Gasteiger partial charge in [-0.25, -0.2) is 17.9 Å². The number of nitrogens with one attached hydrogen (secondary N) is 1. The Morgan fingerprint density at radius 1 is 1.42 bits per heavy atom. The van der Waals surface area contributed by atoms with Crippen molar-refractivity contribution in [1.29, 1.82) is 0 Å². The number of rotatable bonds is 6. The summed E-state index contributed by atoms with van der Waals surface area (Å²) in [5.74, 6) is -1.28. The Morgan fingerprint density at radius 3 is 2.37 bits per heavy atom. The fourth-order valence-electron chi connectivity index (χ4n) is 1.27. The molecule has 9 heteroatoms. The summed E-state index contributed by atoms with van der Waals surface area (Å²) >= 11 is 11.5. The zero-order valence-electron chi connectivity index (χ0n) is 9.76. The molecule has 0 fully saturated rings. The van der Waals surface area contributed by atoms with Gasteiger partial charge in [0.15, 0.2) is 6.10 Å². The minimum absolute atomic E-state index is 0.0516. The first-order chi connectivity index (χ1) is 8.79. The maximum Gasteiger partial charge on any atom is 0.334 e. The van der Waals surface area contributed by atoms with Crippen LogP contribution in [0.5, 0.6) is 0 Å². The van der Waals surface area contributed by atoms with Crippen molar-refractivity contribution in [3.63, 3.8) is 0 Å². The molecule has 2 N–H and O–H groups in total. The molecule has 0 saturated heterocycles. The van der Waals surface area contributed by atoms with Crippen LogP contribution in [0.15, 0.2) is 23.1 Å². The summed E-state index contributed by atoms with van der Waals surface area (Å²) in [6.07, 6.45) is -1.30. The zero-order valence-corrected chi connectivity index (χ0v) is 12.1. The third-order valence-corrected chi connectivity index (χ3v) is 4.58. The Hall–Kier alpha value is -0.860. The van der Waals surface area contributed by atoms with E-state index in [1.807, 2.05) is 0 Å². The van der Waals surface area contributed by atoms with Gasteiger partial charge < -0.3 is 9.84 Å². The molecule has 1 atom stereocenters. The maximum atomic E-state index is 12.0. The van der Waals surface area contributed by atoms with Crippen LogP contribution < -0.4 is 4.72 Å². The molecule has 0 saturated carbocycles. The topological polar surface area (TPSA) is 92.7 Å². The van der Waals surface area contributed by atoms with Crippen LogP contribution in [0, 0.1) is 0 Å². The van der Waals surface area contributed by atoms with E-state index in [1.165, 1.54) is 18.2 Å². The zero-order chi connectivity index (χ0) is 14.6. The average molecular weight is 328 g/mol. The highest BCUT2D eigenvalue weighted by Crippen LogP contribution is 2.28. The summed E-state index contributed by atoms with van der Waals surface area (Å²) in [6.45, 7) is -0.435. The molecule has 0 radical (unpaired) electrons. The van der Waals surface area contributed by atoms with Gasteiger partial charge in [0.1, 0.15) is 4.90 Å². The SMILES string of the molecule is COC(CNS(=O)(=O)c1c(Cl)cccc1Cl)C(=O)O. The second-order valence-electron chi connectivity index (χ2n) is 3.47. The van der Waals surface area contributed by atoms with Gasteiger partial charge in [0.2, 0.25) is 10.0 Å². The Balaban J connectivity index is 2.97. The molecule has 19 heavy (non-hydrogen) atoms. The number of methoxy groups -OCH3 is 1. The Bertz CT molecular complexity index is 555. The molecular formula is C10H11Cl2NO5S. The van der Waals surface area contributed by atoms with Crippen LogP contribution in [0.4, 0.5) is 0 Å². The standard InChI is InChI=1S/C10H11Cl2NO5S/c1-18-8(10(14)15)5-13-19(16,17)9-6(11)3-2-4-7(9)12/h2-4,8,13H,5H2,1H3,(H,14,15). The number of carbonyl (C=O) groups is 1. The summed E-state index contributed by atoms with van der Waals surface area (Å²) in [5.41, 5.74) is 0. The number of hydrogen-bond acceptors (Lipinski definition) is 4. The lowest BCUT2D eigenvalue weighted by Crippen LogP contribution is -2.38. The largest absolute Gasteiger partial charge is 0.479 e. The average Bonchev–Trinajstić information content (AvgIpc) is 2.28. The number of sulfonamides is 1. The van der Waals surface area contributed by atoms with E-state index in [-0.39, 0.29) is 14.9 Å². The third kappa shape index (κ3) is 4.05. The summed E-state index contributed by atoms with van der Waals surface area (Å²) in [6, 6.07) is 4.24. The molecule has 0 aliphatic rings. The number of hydrogen-bond donors (Lipinski definition) is 2. The quantitative estimate of drug-likeness (QED) is 0.823.